The zero-order valence-corrected chi connectivity index (χ0v) is 13.3. The predicted molar refractivity (Wildman–Crippen MR) is 90.0 cm³/mol. The Morgan fingerprint density at radius 1 is 1.05 bits per heavy atom. The predicted octanol–water partition coefficient (Wildman–Crippen LogP) is 3.34. The van der Waals surface area contributed by atoms with Crippen LogP contribution in [0.3, 0.4) is 0 Å². The van der Waals surface area contributed by atoms with Crippen LogP contribution >= 0.6 is 0 Å². The maximum absolute atomic E-state index is 10.0. The van der Waals surface area contributed by atoms with Crippen molar-refractivity contribution in [2.75, 3.05) is 6.61 Å². The molecule has 0 aliphatic carbocycles. The van der Waals surface area contributed by atoms with Gasteiger partial charge in [0.05, 0.1) is 6.61 Å². The van der Waals surface area contributed by atoms with Gasteiger partial charge in [0, 0.05) is 17.6 Å². The van der Waals surface area contributed by atoms with Crippen LogP contribution in [0.1, 0.15) is 36.1 Å². The fraction of sp³-hybridized carbons (Fsp3) is 0.368. The van der Waals surface area contributed by atoms with Crippen LogP contribution in [0.4, 0.5) is 0 Å². The molecule has 2 unspecified atom stereocenters. The summed E-state index contributed by atoms with van der Waals surface area (Å²) in [5.74, 6) is 0.300. The van der Waals surface area contributed by atoms with Crippen molar-refractivity contribution in [1.29, 1.82) is 0 Å². The molecule has 0 bridgehead atoms. The molecule has 22 heavy (non-hydrogen) atoms. The summed E-state index contributed by atoms with van der Waals surface area (Å²) in [6.07, 6.45) is 1.61. The van der Waals surface area contributed by atoms with E-state index in [0.29, 0.717) is 5.75 Å². The molecule has 0 radical (unpaired) electrons. The second-order valence-electron chi connectivity index (χ2n) is 5.76. The Morgan fingerprint density at radius 2 is 1.73 bits per heavy atom. The van der Waals surface area contributed by atoms with Gasteiger partial charge in [0.2, 0.25) is 0 Å². The molecule has 0 aliphatic heterocycles. The lowest BCUT2D eigenvalue weighted by Crippen LogP contribution is -2.37. The Kier molecular flexibility index (Phi) is 5.99. The average molecular weight is 299 g/mol. The molecule has 2 aromatic rings. The Morgan fingerprint density at radius 3 is 2.32 bits per heavy atom. The van der Waals surface area contributed by atoms with Crippen molar-refractivity contribution >= 4 is 0 Å². The first-order valence-corrected chi connectivity index (χ1v) is 7.84. The zero-order chi connectivity index (χ0) is 15.9. The van der Waals surface area contributed by atoms with Crippen LogP contribution in [0.15, 0.2) is 48.5 Å². The van der Waals surface area contributed by atoms with Gasteiger partial charge < -0.3 is 15.5 Å². The molecular formula is C19H25NO2. The first-order chi connectivity index (χ1) is 10.6. The topological polar surface area (TPSA) is 52.5 Å². The Balaban J connectivity index is 2.07. The first kappa shape index (κ1) is 16.5. The SMILES string of the molecule is CCC(NC(CO)Cc1ccc(C)cc1)c1ccccc1O. The van der Waals surface area contributed by atoms with Gasteiger partial charge in [0.15, 0.2) is 0 Å². The summed E-state index contributed by atoms with van der Waals surface area (Å²) in [6, 6.07) is 15.7. The van der Waals surface area contributed by atoms with Crippen LogP contribution in [-0.4, -0.2) is 22.9 Å². The number of para-hydroxylation sites is 1. The molecule has 2 rings (SSSR count). The number of aliphatic hydroxyl groups excluding tert-OH is 1. The molecule has 3 heteroatoms. The van der Waals surface area contributed by atoms with Crippen molar-refractivity contribution in [3.05, 3.63) is 65.2 Å². The Labute approximate surface area is 132 Å². The van der Waals surface area contributed by atoms with Crippen LogP contribution in [0.5, 0.6) is 5.75 Å². The fourth-order valence-corrected chi connectivity index (χ4v) is 2.68. The molecule has 0 heterocycles. The third-order valence-electron chi connectivity index (χ3n) is 3.98. The van der Waals surface area contributed by atoms with E-state index in [1.165, 1.54) is 11.1 Å². The van der Waals surface area contributed by atoms with E-state index in [-0.39, 0.29) is 18.7 Å². The van der Waals surface area contributed by atoms with Gasteiger partial charge in [-0.3, -0.25) is 0 Å². The summed E-state index contributed by atoms with van der Waals surface area (Å²) in [5.41, 5.74) is 3.31. The summed E-state index contributed by atoms with van der Waals surface area (Å²) < 4.78 is 0. The van der Waals surface area contributed by atoms with Gasteiger partial charge in [-0.15, -0.1) is 0 Å². The highest BCUT2D eigenvalue weighted by Crippen LogP contribution is 2.26. The van der Waals surface area contributed by atoms with E-state index in [1.54, 1.807) is 6.07 Å². The number of hydrogen-bond acceptors (Lipinski definition) is 3. The second-order valence-corrected chi connectivity index (χ2v) is 5.76. The Hall–Kier alpha value is -1.84. The van der Waals surface area contributed by atoms with Crippen molar-refractivity contribution < 1.29 is 10.2 Å². The minimum atomic E-state index is -0.0349. The van der Waals surface area contributed by atoms with E-state index < -0.39 is 0 Å². The molecule has 3 N–H and O–H groups in total. The minimum absolute atomic E-state index is 0.0313. The standard InChI is InChI=1S/C19H25NO2/c1-3-18(17-6-4-5-7-19(17)22)20-16(13-21)12-15-10-8-14(2)9-11-15/h4-11,16,18,20-22H,3,12-13H2,1-2H3. The van der Waals surface area contributed by atoms with Crippen molar-refractivity contribution in [2.24, 2.45) is 0 Å². The summed E-state index contributed by atoms with van der Waals surface area (Å²) in [7, 11) is 0. The molecule has 0 fully saturated rings. The molecule has 0 aliphatic rings. The number of aryl methyl sites for hydroxylation is 1. The van der Waals surface area contributed by atoms with E-state index in [2.05, 4.69) is 43.4 Å². The molecule has 0 aromatic heterocycles. The number of nitrogens with one attached hydrogen (secondary N) is 1. The second kappa shape index (κ2) is 7.97. The monoisotopic (exact) mass is 299 g/mol. The third-order valence-corrected chi connectivity index (χ3v) is 3.98. The molecule has 0 saturated carbocycles. The number of hydrogen-bond donors (Lipinski definition) is 3. The van der Waals surface area contributed by atoms with Crippen LogP contribution in [0.2, 0.25) is 0 Å². The van der Waals surface area contributed by atoms with Gasteiger partial charge in [-0.2, -0.15) is 0 Å². The van der Waals surface area contributed by atoms with Crippen molar-refractivity contribution in [3.63, 3.8) is 0 Å². The zero-order valence-electron chi connectivity index (χ0n) is 13.3. The molecule has 2 aromatic carbocycles. The van der Waals surface area contributed by atoms with E-state index >= 15 is 0 Å². The molecule has 118 valence electrons. The number of benzene rings is 2. The van der Waals surface area contributed by atoms with Crippen molar-refractivity contribution in [2.45, 2.75) is 38.8 Å². The van der Waals surface area contributed by atoms with E-state index in [1.807, 2.05) is 18.2 Å². The van der Waals surface area contributed by atoms with Crippen LogP contribution in [0, 0.1) is 6.92 Å². The largest absolute Gasteiger partial charge is 0.508 e. The molecule has 3 nitrogen and oxygen atoms in total. The number of aliphatic hydroxyl groups is 1. The average Bonchev–Trinajstić information content (AvgIpc) is 2.54. The molecule has 2 atom stereocenters. The highest BCUT2D eigenvalue weighted by Gasteiger charge is 2.17. The van der Waals surface area contributed by atoms with E-state index in [0.717, 1.165) is 18.4 Å². The third kappa shape index (κ3) is 4.33. The summed E-state index contributed by atoms with van der Waals surface area (Å²) in [6.45, 7) is 4.21. The van der Waals surface area contributed by atoms with E-state index in [4.69, 9.17) is 0 Å². The Bertz CT molecular complexity index is 580. The fourth-order valence-electron chi connectivity index (χ4n) is 2.68. The normalized spacial score (nSPS) is 13.8. The number of rotatable bonds is 7. The maximum atomic E-state index is 10.0. The molecular weight excluding hydrogens is 274 g/mol. The van der Waals surface area contributed by atoms with Gasteiger partial charge in [-0.05, 0) is 31.4 Å². The maximum Gasteiger partial charge on any atom is 0.120 e. The first-order valence-electron chi connectivity index (χ1n) is 7.84. The quantitative estimate of drug-likeness (QED) is 0.735. The molecule has 0 saturated heterocycles. The summed E-state index contributed by atoms with van der Waals surface area (Å²) in [4.78, 5) is 0. The van der Waals surface area contributed by atoms with Crippen molar-refractivity contribution in [3.8, 4) is 5.75 Å². The van der Waals surface area contributed by atoms with Crippen molar-refractivity contribution in [1.82, 2.24) is 5.32 Å². The van der Waals surface area contributed by atoms with Gasteiger partial charge in [-0.25, -0.2) is 0 Å². The molecule has 0 amide bonds. The van der Waals surface area contributed by atoms with Crippen LogP contribution in [0.25, 0.3) is 0 Å². The lowest BCUT2D eigenvalue weighted by molar-refractivity contribution is 0.228. The highest BCUT2D eigenvalue weighted by atomic mass is 16.3. The van der Waals surface area contributed by atoms with Gasteiger partial charge in [0.1, 0.15) is 5.75 Å². The molecule has 0 spiro atoms. The number of aromatic hydroxyl groups is 1. The summed E-state index contributed by atoms with van der Waals surface area (Å²) >= 11 is 0. The lowest BCUT2D eigenvalue weighted by atomic mass is 9.99. The number of phenolic OH excluding ortho intramolecular Hbond substituents is 1. The minimum Gasteiger partial charge on any atom is -0.508 e. The van der Waals surface area contributed by atoms with Crippen LogP contribution < -0.4 is 5.32 Å². The van der Waals surface area contributed by atoms with Gasteiger partial charge in [-0.1, -0.05) is 55.0 Å². The smallest absolute Gasteiger partial charge is 0.120 e. The lowest BCUT2D eigenvalue weighted by Gasteiger charge is -2.25. The summed E-state index contributed by atoms with van der Waals surface area (Å²) in [5, 5.41) is 23.2. The van der Waals surface area contributed by atoms with Gasteiger partial charge in [0.25, 0.3) is 0 Å². The van der Waals surface area contributed by atoms with E-state index in [9.17, 15) is 10.2 Å². The highest BCUT2D eigenvalue weighted by molar-refractivity contribution is 5.34. The number of phenols is 1. The van der Waals surface area contributed by atoms with Gasteiger partial charge >= 0.3 is 0 Å². The van der Waals surface area contributed by atoms with Crippen LogP contribution in [-0.2, 0) is 6.42 Å².